The van der Waals surface area contributed by atoms with Crippen molar-refractivity contribution in [2.45, 2.75) is 46.2 Å². The van der Waals surface area contributed by atoms with Crippen LogP contribution in [0.15, 0.2) is 12.1 Å². The average Bonchev–Trinajstić information content (AvgIpc) is 3.09. The van der Waals surface area contributed by atoms with Crippen LogP contribution in [0.1, 0.15) is 38.1 Å². The van der Waals surface area contributed by atoms with Gasteiger partial charge in [0.05, 0.1) is 12.3 Å². The Hall–Kier alpha value is -1.09. The molecular weight excluding hydrogens is 212 g/mol. The highest BCUT2D eigenvalue weighted by atomic mass is 16.5. The molecule has 0 atom stereocenters. The smallest absolute Gasteiger partial charge is 0.142 e. The van der Waals surface area contributed by atoms with Crippen molar-refractivity contribution in [2.24, 2.45) is 5.92 Å². The van der Waals surface area contributed by atoms with Crippen LogP contribution < -0.4 is 10.1 Å². The molecule has 0 saturated heterocycles. The first-order valence-electron chi connectivity index (χ1n) is 6.48. The molecule has 94 valence electrons. The Morgan fingerprint density at radius 2 is 2.18 bits per heavy atom. The molecule has 1 N–H and O–H groups in total. The van der Waals surface area contributed by atoms with E-state index in [4.69, 9.17) is 4.74 Å². The maximum atomic E-state index is 5.85. The molecule has 0 bridgehead atoms. The lowest BCUT2D eigenvalue weighted by Crippen LogP contribution is -2.23. The highest BCUT2D eigenvalue weighted by Gasteiger charge is 2.22. The van der Waals surface area contributed by atoms with Crippen molar-refractivity contribution in [3.8, 4) is 5.75 Å². The molecule has 1 aliphatic rings. The molecule has 0 radical (unpaired) electrons. The number of hydrogen-bond acceptors (Lipinski definition) is 3. The third-order valence-electron chi connectivity index (χ3n) is 2.92. The summed E-state index contributed by atoms with van der Waals surface area (Å²) in [5, 5.41) is 3.39. The maximum absolute atomic E-state index is 5.85. The van der Waals surface area contributed by atoms with E-state index in [1.165, 1.54) is 12.8 Å². The van der Waals surface area contributed by atoms with Gasteiger partial charge in [-0.3, -0.25) is 4.98 Å². The number of rotatable bonds is 6. The second kappa shape index (κ2) is 5.50. The Morgan fingerprint density at radius 1 is 1.41 bits per heavy atom. The fraction of sp³-hybridized carbons (Fsp3) is 0.643. The summed E-state index contributed by atoms with van der Waals surface area (Å²) in [4.78, 5) is 4.56. The second-order valence-electron chi connectivity index (χ2n) is 5.19. The number of hydrogen-bond donors (Lipinski definition) is 1. The standard InChI is InChI=1S/C14H22N2O/c1-10(2)15-8-13-14(7-4-11(3)16-13)17-9-12-5-6-12/h4,7,10,12,15H,5-6,8-9H2,1-3H3. The summed E-state index contributed by atoms with van der Waals surface area (Å²) in [5.41, 5.74) is 2.07. The van der Waals surface area contributed by atoms with E-state index < -0.39 is 0 Å². The van der Waals surface area contributed by atoms with E-state index in [9.17, 15) is 0 Å². The van der Waals surface area contributed by atoms with Crippen LogP contribution in [0.4, 0.5) is 0 Å². The number of nitrogens with zero attached hydrogens (tertiary/aromatic N) is 1. The third-order valence-corrected chi connectivity index (χ3v) is 2.92. The van der Waals surface area contributed by atoms with Gasteiger partial charge in [0, 0.05) is 18.3 Å². The molecule has 0 amide bonds. The summed E-state index contributed by atoms with van der Waals surface area (Å²) in [6, 6.07) is 4.52. The van der Waals surface area contributed by atoms with Crippen LogP contribution >= 0.6 is 0 Å². The number of nitrogens with one attached hydrogen (secondary N) is 1. The molecule has 2 rings (SSSR count). The van der Waals surface area contributed by atoms with Gasteiger partial charge in [0.2, 0.25) is 0 Å². The molecular formula is C14H22N2O. The lowest BCUT2D eigenvalue weighted by molar-refractivity contribution is 0.294. The van der Waals surface area contributed by atoms with Crippen molar-refractivity contribution in [1.82, 2.24) is 10.3 Å². The monoisotopic (exact) mass is 234 g/mol. The first kappa shape index (κ1) is 12.4. The van der Waals surface area contributed by atoms with Crippen LogP contribution in [-0.2, 0) is 6.54 Å². The minimum atomic E-state index is 0.466. The molecule has 0 spiro atoms. The summed E-state index contributed by atoms with van der Waals surface area (Å²) in [7, 11) is 0. The number of aromatic nitrogens is 1. The van der Waals surface area contributed by atoms with Crippen LogP contribution in [0.5, 0.6) is 5.75 Å². The number of ether oxygens (including phenoxy) is 1. The van der Waals surface area contributed by atoms with Crippen molar-refractivity contribution < 1.29 is 4.74 Å². The van der Waals surface area contributed by atoms with Crippen molar-refractivity contribution in [3.05, 3.63) is 23.5 Å². The molecule has 1 saturated carbocycles. The maximum Gasteiger partial charge on any atom is 0.142 e. The fourth-order valence-corrected chi connectivity index (χ4v) is 1.65. The number of aryl methyl sites for hydroxylation is 1. The second-order valence-corrected chi connectivity index (χ2v) is 5.19. The van der Waals surface area contributed by atoms with E-state index in [1.54, 1.807) is 0 Å². The quantitative estimate of drug-likeness (QED) is 0.821. The van der Waals surface area contributed by atoms with E-state index in [-0.39, 0.29) is 0 Å². The molecule has 1 aromatic rings. The van der Waals surface area contributed by atoms with Gasteiger partial charge in [-0.2, -0.15) is 0 Å². The van der Waals surface area contributed by atoms with Crippen LogP contribution in [-0.4, -0.2) is 17.6 Å². The van der Waals surface area contributed by atoms with Gasteiger partial charge >= 0.3 is 0 Å². The van der Waals surface area contributed by atoms with Crippen LogP contribution in [0.2, 0.25) is 0 Å². The first-order valence-corrected chi connectivity index (χ1v) is 6.48. The SMILES string of the molecule is Cc1ccc(OCC2CC2)c(CNC(C)C)n1. The zero-order valence-corrected chi connectivity index (χ0v) is 11.0. The van der Waals surface area contributed by atoms with Gasteiger partial charge in [-0.25, -0.2) is 0 Å². The summed E-state index contributed by atoms with van der Waals surface area (Å²) in [6.07, 6.45) is 2.64. The van der Waals surface area contributed by atoms with E-state index in [0.29, 0.717) is 6.04 Å². The predicted octanol–water partition coefficient (Wildman–Crippen LogP) is 2.68. The van der Waals surface area contributed by atoms with Gasteiger partial charge in [-0.1, -0.05) is 13.8 Å². The van der Waals surface area contributed by atoms with Crippen molar-refractivity contribution in [3.63, 3.8) is 0 Å². The Kier molecular flexibility index (Phi) is 4.00. The van der Waals surface area contributed by atoms with Crippen LogP contribution in [0.25, 0.3) is 0 Å². The molecule has 1 aliphatic carbocycles. The normalized spacial score (nSPS) is 15.3. The molecule has 0 aromatic carbocycles. The highest BCUT2D eigenvalue weighted by molar-refractivity contribution is 5.29. The average molecular weight is 234 g/mol. The Balaban J connectivity index is 2.00. The topological polar surface area (TPSA) is 34.1 Å². The Labute approximate surface area is 104 Å². The van der Waals surface area contributed by atoms with E-state index in [2.05, 4.69) is 24.1 Å². The molecule has 0 unspecified atom stereocenters. The minimum Gasteiger partial charge on any atom is -0.491 e. The zero-order valence-electron chi connectivity index (χ0n) is 11.0. The molecule has 1 aromatic heterocycles. The Morgan fingerprint density at radius 3 is 2.82 bits per heavy atom. The zero-order chi connectivity index (χ0) is 12.3. The van der Waals surface area contributed by atoms with Crippen molar-refractivity contribution in [1.29, 1.82) is 0 Å². The van der Waals surface area contributed by atoms with Gasteiger partial charge in [-0.05, 0) is 37.8 Å². The van der Waals surface area contributed by atoms with Gasteiger partial charge in [0.15, 0.2) is 0 Å². The molecule has 1 heterocycles. The Bertz CT molecular complexity index is 372. The minimum absolute atomic E-state index is 0.466. The van der Waals surface area contributed by atoms with Gasteiger partial charge in [0.1, 0.15) is 5.75 Å². The molecule has 17 heavy (non-hydrogen) atoms. The highest BCUT2D eigenvalue weighted by Crippen LogP contribution is 2.30. The first-order chi connectivity index (χ1) is 8.15. The lowest BCUT2D eigenvalue weighted by atomic mass is 10.2. The van der Waals surface area contributed by atoms with Gasteiger partial charge in [-0.15, -0.1) is 0 Å². The van der Waals surface area contributed by atoms with Crippen LogP contribution in [0.3, 0.4) is 0 Å². The molecule has 3 nitrogen and oxygen atoms in total. The summed E-state index contributed by atoms with van der Waals surface area (Å²) in [6.45, 7) is 7.92. The molecule has 1 fully saturated rings. The predicted molar refractivity (Wildman–Crippen MR) is 69.2 cm³/mol. The van der Waals surface area contributed by atoms with E-state index >= 15 is 0 Å². The van der Waals surface area contributed by atoms with Gasteiger partial charge in [0.25, 0.3) is 0 Å². The molecule has 0 aliphatic heterocycles. The third kappa shape index (κ3) is 4.00. The van der Waals surface area contributed by atoms with Crippen LogP contribution in [0, 0.1) is 12.8 Å². The summed E-state index contributed by atoms with van der Waals surface area (Å²) >= 11 is 0. The van der Waals surface area contributed by atoms with E-state index in [0.717, 1.165) is 36.2 Å². The van der Waals surface area contributed by atoms with Crippen molar-refractivity contribution >= 4 is 0 Å². The lowest BCUT2D eigenvalue weighted by Gasteiger charge is -2.13. The van der Waals surface area contributed by atoms with Crippen molar-refractivity contribution in [2.75, 3.05) is 6.61 Å². The van der Waals surface area contributed by atoms with Gasteiger partial charge < -0.3 is 10.1 Å². The summed E-state index contributed by atoms with van der Waals surface area (Å²) in [5.74, 6) is 1.72. The number of pyridine rings is 1. The van der Waals surface area contributed by atoms with E-state index in [1.807, 2.05) is 19.1 Å². The summed E-state index contributed by atoms with van der Waals surface area (Å²) < 4.78 is 5.85. The molecule has 3 heteroatoms. The largest absolute Gasteiger partial charge is 0.491 e. The fourth-order valence-electron chi connectivity index (χ4n) is 1.65.